The maximum atomic E-state index is 12.7. The molecule has 0 spiro atoms. The Balaban J connectivity index is 1.31. The van der Waals surface area contributed by atoms with Crippen LogP contribution in [0.2, 0.25) is 0 Å². The number of piperidine rings is 1. The second-order valence-electron chi connectivity index (χ2n) is 8.07. The van der Waals surface area contributed by atoms with Crippen LogP contribution in [0.4, 0.5) is 19.0 Å². The smallest absolute Gasteiger partial charge is 0.432 e. The van der Waals surface area contributed by atoms with Gasteiger partial charge < -0.3 is 15.0 Å². The topological polar surface area (TPSA) is 82.1 Å². The van der Waals surface area contributed by atoms with Crippen molar-refractivity contribution in [3.05, 3.63) is 65.6 Å². The van der Waals surface area contributed by atoms with Gasteiger partial charge in [-0.3, -0.25) is 4.79 Å². The highest BCUT2D eigenvalue weighted by Crippen LogP contribution is 2.30. The van der Waals surface area contributed by atoms with E-state index >= 15 is 0 Å². The molecular formula is C23H23F3N4O2. The molecule has 0 atom stereocenters. The van der Waals surface area contributed by atoms with Crippen LogP contribution in [0.15, 0.2) is 48.8 Å². The van der Waals surface area contributed by atoms with Crippen LogP contribution in [0.3, 0.4) is 0 Å². The number of aliphatic carboxylic acids is 1. The Kier molecular flexibility index (Phi) is 6.16. The van der Waals surface area contributed by atoms with Crippen molar-refractivity contribution in [2.45, 2.75) is 31.9 Å². The molecule has 0 bridgehead atoms. The van der Waals surface area contributed by atoms with Crippen LogP contribution in [0.5, 0.6) is 0 Å². The molecule has 1 aliphatic rings. The van der Waals surface area contributed by atoms with Crippen LogP contribution >= 0.6 is 0 Å². The molecule has 1 saturated heterocycles. The van der Waals surface area contributed by atoms with Gasteiger partial charge in [-0.2, -0.15) is 13.2 Å². The summed E-state index contributed by atoms with van der Waals surface area (Å²) in [6, 6.07) is 11.3. The zero-order valence-electron chi connectivity index (χ0n) is 17.3. The molecule has 1 aliphatic heterocycles. The molecule has 4 rings (SSSR count). The lowest BCUT2D eigenvalue weighted by Crippen LogP contribution is -2.34. The zero-order valence-corrected chi connectivity index (χ0v) is 17.3. The van der Waals surface area contributed by atoms with Crippen LogP contribution in [0.1, 0.15) is 29.7 Å². The summed E-state index contributed by atoms with van der Waals surface area (Å²) in [7, 11) is 0. The number of aromatic amines is 1. The highest BCUT2D eigenvalue weighted by molar-refractivity contribution is 5.70. The third kappa shape index (κ3) is 5.27. The van der Waals surface area contributed by atoms with Crippen molar-refractivity contribution in [2.24, 2.45) is 5.92 Å². The van der Waals surface area contributed by atoms with Crippen molar-refractivity contribution in [1.29, 1.82) is 0 Å². The minimum absolute atomic E-state index is 0.0356. The lowest BCUT2D eigenvalue weighted by Gasteiger charge is -2.33. The maximum Gasteiger partial charge on any atom is 0.432 e. The van der Waals surface area contributed by atoms with E-state index in [-0.39, 0.29) is 12.2 Å². The predicted molar refractivity (Wildman–Crippen MR) is 113 cm³/mol. The van der Waals surface area contributed by atoms with E-state index in [0.717, 1.165) is 49.9 Å². The van der Waals surface area contributed by atoms with Gasteiger partial charge in [0.2, 0.25) is 0 Å². The van der Waals surface area contributed by atoms with E-state index in [2.05, 4.69) is 19.9 Å². The van der Waals surface area contributed by atoms with E-state index in [1.54, 1.807) is 12.3 Å². The Morgan fingerprint density at radius 1 is 1.03 bits per heavy atom. The van der Waals surface area contributed by atoms with Crippen molar-refractivity contribution in [2.75, 3.05) is 18.0 Å². The number of halogens is 3. The summed E-state index contributed by atoms with van der Waals surface area (Å²) < 4.78 is 38.2. The number of rotatable bonds is 6. The summed E-state index contributed by atoms with van der Waals surface area (Å²) >= 11 is 0. The minimum Gasteiger partial charge on any atom is -0.481 e. The number of aromatic nitrogens is 3. The fourth-order valence-corrected chi connectivity index (χ4v) is 3.99. The summed E-state index contributed by atoms with van der Waals surface area (Å²) in [6.07, 6.45) is 0.874. The lowest BCUT2D eigenvalue weighted by atomic mass is 9.90. The summed E-state index contributed by atoms with van der Waals surface area (Å²) in [5, 5.41) is 8.86. The number of carboxylic acids is 1. The second-order valence-corrected chi connectivity index (χ2v) is 8.07. The van der Waals surface area contributed by atoms with Gasteiger partial charge in [0, 0.05) is 24.8 Å². The van der Waals surface area contributed by atoms with Gasteiger partial charge in [0.25, 0.3) is 0 Å². The molecular weight excluding hydrogens is 421 g/mol. The number of nitrogens with one attached hydrogen (secondary N) is 1. The van der Waals surface area contributed by atoms with Gasteiger partial charge >= 0.3 is 12.1 Å². The van der Waals surface area contributed by atoms with Gasteiger partial charge in [0.1, 0.15) is 17.3 Å². The molecule has 1 fully saturated rings. The molecule has 3 heterocycles. The largest absolute Gasteiger partial charge is 0.481 e. The highest BCUT2D eigenvalue weighted by atomic mass is 19.4. The maximum absolute atomic E-state index is 12.7. The molecule has 0 radical (unpaired) electrons. The molecule has 2 N–H and O–H groups in total. The number of hydrogen-bond acceptors (Lipinski definition) is 4. The SMILES string of the molecule is O=C(O)Cc1ccc(CC2CCN(c3ccc(-c4ncc(C(F)(F)F)[nH]4)cn3)CC2)cc1. The summed E-state index contributed by atoms with van der Waals surface area (Å²) in [4.78, 5) is 23.5. The molecule has 0 unspecified atom stereocenters. The van der Waals surface area contributed by atoms with Crippen LogP contribution in [-0.2, 0) is 23.8 Å². The van der Waals surface area contributed by atoms with Crippen molar-refractivity contribution in [1.82, 2.24) is 15.0 Å². The fraction of sp³-hybridized carbons (Fsp3) is 0.348. The summed E-state index contributed by atoms with van der Waals surface area (Å²) in [6.45, 7) is 1.71. The number of carboxylic acid groups (broad SMARTS) is 1. The third-order valence-electron chi connectivity index (χ3n) is 5.74. The molecule has 2 aromatic heterocycles. The molecule has 3 aromatic rings. The second kappa shape index (κ2) is 9.02. The number of anilines is 1. The monoisotopic (exact) mass is 444 g/mol. The van der Waals surface area contributed by atoms with Crippen molar-refractivity contribution < 1.29 is 23.1 Å². The Labute approximate surface area is 183 Å². The molecule has 32 heavy (non-hydrogen) atoms. The molecule has 168 valence electrons. The first-order chi connectivity index (χ1) is 15.3. The van der Waals surface area contributed by atoms with Crippen LogP contribution in [0, 0.1) is 5.92 Å². The average Bonchev–Trinajstić information content (AvgIpc) is 3.27. The van der Waals surface area contributed by atoms with Gasteiger partial charge in [-0.15, -0.1) is 0 Å². The Bertz CT molecular complexity index is 1050. The molecule has 1 aromatic carbocycles. The van der Waals surface area contributed by atoms with E-state index in [1.165, 1.54) is 5.56 Å². The van der Waals surface area contributed by atoms with Crippen molar-refractivity contribution in [3.63, 3.8) is 0 Å². The number of carbonyl (C=O) groups is 1. The van der Waals surface area contributed by atoms with E-state index in [4.69, 9.17) is 5.11 Å². The first-order valence-electron chi connectivity index (χ1n) is 10.4. The third-order valence-corrected chi connectivity index (χ3v) is 5.74. The predicted octanol–water partition coefficient (Wildman–Crippen LogP) is 4.58. The molecule has 0 saturated carbocycles. The lowest BCUT2D eigenvalue weighted by molar-refractivity contribution is -0.141. The number of pyridine rings is 1. The van der Waals surface area contributed by atoms with E-state index in [9.17, 15) is 18.0 Å². The highest BCUT2D eigenvalue weighted by Gasteiger charge is 2.33. The first kappa shape index (κ1) is 21.9. The molecule has 9 heteroatoms. The van der Waals surface area contributed by atoms with E-state index in [1.807, 2.05) is 30.3 Å². The Hall–Kier alpha value is -3.36. The zero-order chi connectivity index (χ0) is 22.7. The van der Waals surface area contributed by atoms with Crippen molar-refractivity contribution in [3.8, 4) is 11.4 Å². The number of H-pyrrole nitrogens is 1. The van der Waals surface area contributed by atoms with Gasteiger partial charge in [-0.25, -0.2) is 9.97 Å². The Morgan fingerprint density at radius 3 is 2.28 bits per heavy atom. The van der Waals surface area contributed by atoms with Gasteiger partial charge in [-0.05, 0) is 48.4 Å². The van der Waals surface area contributed by atoms with Crippen LogP contribution in [0.25, 0.3) is 11.4 Å². The molecule has 6 nitrogen and oxygen atoms in total. The quantitative estimate of drug-likeness (QED) is 0.582. The number of benzene rings is 1. The van der Waals surface area contributed by atoms with Crippen LogP contribution in [-0.4, -0.2) is 39.1 Å². The summed E-state index contributed by atoms with van der Waals surface area (Å²) in [5.74, 6) is 0.652. The van der Waals surface area contributed by atoms with Gasteiger partial charge in [0.05, 0.1) is 12.6 Å². The Morgan fingerprint density at radius 2 is 1.72 bits per heavy atom. The first-order valence-corrected chi connectivity index (χ1v) is 10.4. The average molecular weight is 444 g/mol. The van der Waals surface area contributed by atoms with Gasteiger partial charge in [0.15, 0.2) is 0 Å². The normalized spacial score (nSPS) is 15.2. The molecule has 0 amide bonds. The van der Waals surface area contributed by atoms with E-state index in [0.29, 0.717) is 11.5 Å². The van der Waals surface area contributed by atoms with Gasteiger partial charge in [-0.1, -0.05) is 24.3 Å². The standard InChI is InChI=1S/C23H23F3N4O2/c24-23(25,26)19-14-28-22(29-19)18-5-6-20(27-13-18)30-9-7-17(8-10-30)11-15-1-3-16(4-2-15)12-21(31)32/h1-6,13-14,17H,7-12H2,(H,28,29)(H,31,32). The molecule has 0 aliphatic carbocycles. The number of imidazole rings is 1. The summed E-state index contributed by atoms with van der Waals surface area (Å²) in [5.41, 5.74) is 1.63. The fourth-order valence-electron chi connectivity index (χ4n) is 3.99. The number of nitrogens with zero attached hydrogens (tertiary/aromatic N) is 3. The number of alkyl halides is 3. The van der Waals surface area contributed by atoms with Crippen molar-refractivity contribution >= 4 is 11.8 Å². The minimum atomic E-state index is -4.45. The van der Waals surface area contributed by atoms with Crippen LogP contribution < -0.4 is 4.90 Å². The van der Waals surface area contributed by atoms with E-state index < -0.39 is 17.8 Å². The number of hydrogen-bond donors (Lipinski definition) is 2.